The van der Waals surface area contributed by atoms with Crippen molar-refractivity contribution < 1.29 is 13.2 Å². The minimum absolute atomic E-state index is 0.100. The molecule has 9 heteroatoms. The van der Waals surface area contributed by atoms with E-state index in [2.05, 4.69) is 20.8 Å². The molecule has 34 heavy (non-hydrogen) atoms. The van der Waals surface area contributed by atoms with Crippen molar-refractivity contribution in [3.8, 4) is 11.9 Å². The van der Waals surface area contributed by atoms with Crippen molar-refractivity contribution in [1.29, 1.82) is 5.26 Å². The molecule has 4 aliphatic rings. The third-order valence-electron chi connectivity index (χ3n) is 7.56. The van der Waals surface area contributed by atoms with Crippen molar-refractivity contribution in [2.24, 2.45) is 5.92 Å². The molecule has 1 heterocycles. The van der Waals surface area contributed by atoms with Crippen LogP contribution in [-0.2, 0) is 16.4 Å². The van der Waals surface area contributed by atoms with E-state index in [1.54, 1.807) is 12.1 Å². The lowest BCUT2D eigenvalue weighted by Gasteiger charge is -2.37. The van der Waals surface area contributed by atoms with E-state index >= 15 is 0 Å². The molecule has 0 saturated heterocycles. The van der Waals surface area contributed by atoms with Gasteiger partial charge in [0, 0.05) is 29.0 Å². The number of nitrogens with zero attached hydrogens (tertiary/aromatic N) is 3. The van der Waals surface area contributed by atoms with Gasteiger partial charge in [-0.05, 0) is 75.5 Å². The molecule has 2 bridgehead atoms. The molecule has 4 saturated carbocycles. The first-order chi connectivity index (χ1) is 16.3. The van der Waals surface area contributed by atoms with Crippen LogP contribution in [0.15, 0.2) is 24.5 Å². The molecule has 1 aromatic heterocycles. The summed E-state index contributed by atoms with van der Waals surface area (Å²) in [7, 11) is -3.27. The van der Waals surface area contributed by atoms with Crippen molar-refractivity contribution in [1.82, 2.24) is 14.7 Å². The quantitative estimate of drug-likeness (QED) is 0.602. The number of nitriles is 1. The highest BCUT2D eigenvalue weighted by Gasteiger charge is 2.47. The second-order valence-electron chi connectivity index (χ2n) is 10.1. The maximum atomic E-state index is 12.8. The lowest BCUT2D eigenvalue weighted by Crippen LogP contribution is -2.51. The van der Waals surface area contributed by atoms with Crippen LogP contribution >= 0.6 is 11.6 Å². The molecule has 1 atom stereocenters. The molecule has 0 amide bonds. The van der Waals surface area contributed by atoms with Gasteiger partial charge in [0.15, 0.2) is 0 Å². The van der Waals surface area contributed by atoms with E-state index in [0.29, 0.717) is 35.2 Å². The van der Waals surface area contributed by atoms with Gasteiger partial charge in [-0.1, -0.05) is 17.7 Å². The molecule has 0 aliphatic heterocycles. The second kappa shape index (κ2) is 9.10. The van der Waals surface area contributed by atoms with Crippen LogP contribution in [0.2, 0.25) is 5.02 Å². The Kier molecular flexibility index (Phi) is 6.30. The van der Waals surface area contributed by atoms with E-state index in [9.17, 15) is 8.42 Å². The fraction of sp³-hybridized carbons (Fsp3) is 0.560. The van der Waals surface area contributed by atoms with Crippen molar-refractivity contribution in [3.05, 3.63) is 51.9 Å². The van der Waals surface area contributed by atoms with Gasteiger partial charge in [0.25, 0.3) is 0 Å². The number of hydrogen-bond acceptors (Lipinski definition) is 6. The van der Waals surface area contributed by atoms with Gasteiger partial charge in [-0.25, -0.2) is 23.1 Å². The summed E-state index contributed by atoms with van der Waals surface area (Å²) in [6.07, 6.45) is 8.81. The molecule has 6 rings (SSSR count). The molecule has 1 aromatic carbocycles. The standard InChI is InChI=1S/C25H29ClN4O3S/c1-16-23(12-19-3-2-18(14-27)11-22(19)26)28-15-29-24(16)33-20-10-17-6-8-25(13-20,9-7-17)30-34(31,32)21-4-5-21/h2-3,11,15,17,20-21,30H,4-10,12-13H2,1H3/t17?,20-,25?/m0/s1. The Hall–Kier alpha value is -2.21. The van der Waals surface area contributed by atoms with Crippen LogP contribution in [-0.4, -0.2) is 35.3 Å². The van der Waals surface area contributed by atoms with Crippen molar-refractivity contribution >= 4 is 21.6 Å². The monoisotopic (exact) mass is 500 g/mol. The van der Waals surface area contributed by atoms with Gasteiger partial charge in [0.05, 0.1) is 22.6 Å². The summed E-state index contributed by atoms with van der Waals surface area (Å²) in [6.45, 7) is 1.94. The highest BCUT2D eigenvalue weighted by molar-refractivity contribution is 7.90. The van der Waals surface area contributed by atoms with Gasteiger partial charge < -0.3 is 4.74 Å². The molecule has 0 radical (unpaired) electrons. The minimum Gasteiger partial charge on any atom is -0.474 e. The van der Waals surface area contributed by atoms with Gasteiger partial charge in [-0.15, -0.1) is 0 Å². The summed E-state index contributed by atoms with van der Waals surface area (Å²) in [5, 5.41) is 9.38. The molecular weight excluding hydrogens is 472 g/mol. The maximum Gasteiger partial charge on any atom is 0.219 e. The molecular formula is C25H29ClN4O3S. The summed E-state index contributed by atoms with van der Waals surface area (Å²) >= 11 is 6.38. The largest absolute Gasteiger partial charge is 0.474 e. The maximum absolute atomic E-state index is 12.8. The van der Waals surface area contributed by atoms with Gasteiger partial charge in [0.1, 0.15) is 12.4 Å². The van der Waals surface area contributed by atoms with E-state index in [4.69, 9.17) is 21.6 Å². The van der Waals surface area contributed by atoms with Crippen LogP contribution in [0, 0.1) is 24.2 Å². The van der Waals surface area contributed by atoms with Gasteiger partial charge in [0.2, 0.25) is 15.9 Å². The van der Waals surface area contributed by atoms with Crippen LogP contribution in [0.25, 0.3) is 0 Å². The molecule has 180 valence electrons. The Balaban J connectivity index is 1.34. The first kappa shape index (κ1) is 23.5. The predicted molar refractivity (Wildman–Crippen MR) is 129 cm³/mol. The first-order valence-electron chi connectivity index (χ1n) is 12.0. The van der Waals surface area contributed by atoms with E-state index in [1.807, 2.05) is 13.0 Å². The highest BCUT2D eigenvalue weighted by atomic mass is 35.5. The fourth-order valence-electron chi connectivity index (χ4n) is 5.42. The third-order valence-corrected chi connectivity index (χ3v) is 9.98. The molecule has 0 spiro atoms. The van der Waals surface area contributed by atoms with Crippen molar-refractivity contribution in [2.45, 2.75) is 81.6 Å². The van der Waals surface area contributed by atoms with Crippen LogP contribution in [0.1, 0.15) is 73.8 Å². The molecule has 4 fully saturated rings. The zero-order chi connectivity index (χ0) is 23.9. The van der Waals surface area contributed by atoms with Crippen LogP contribution < -0.4 is 9.46 Å². The van der Waals surface area contributed by atoms with Gasteiger partial charge in [-0.3, -0.25) is 0 Å². The lowest BCUT2D eigenvalue weighted by atomic mass is 9.79. The van der Waals surface area contributed by atoms with E-state index in [0.717, 1.165) is 61.8 Å². The Bertz CT molecular complexity index is 1230. The topological polar surface area (TPSA) is 105 Å². The van der Waals surface area contributed by atoms with E-state index in [1.165, 1.54) is 6.33 Å². The molecule has 4 aliphatic carbocycles. The number of hydrogen-bond donors (Lipinski definition) is 1. The smallest absolute Gasteiger partial charge is 0.219 e. The number of nitrogens with one attached hydrogen (secondary N) is 1. The Morgan fingerprint density at radius 2 is 2.00 bits per heavy atom. The van der Waals surface area contributed by atoms with Crippen molar-refractivity contribution in [3.63, 3.8) is 0 Å². The Morgan fingerprint density at radius 1 is 1.24 bits per heavy atom. The fourth-order valence-corrected chi connectivity index (χ4v) is 7.48. The number of rotatable bonds is 7. The van der Waals surface area contributed by atoms with Gasteiger partial charge in [-0.2, -0.15) is 5.26 Å². The second-order valence-corrected chi connectivity index (χ2v) is 12.5. The van der Waals surface area contributed by atoms with E-state index < -0.39 is 15.6 Å². The Labute approximate surface area is 206 Å². The third kappa shape index (κ3) is 4.93. The van der Waals surface area contributed by atoms with Crippen molar-refractivity contribution in [2.75, 3.05) is 0 Å². The zero-order valence-electron chi connectivity index (χ0n) is 19.3. The summed E-state index contributed by atoms with van der Waals surface area (Å²) in [5.41, 5.74) is 2.66. The SMILES string of the molecule is Cc1c(Cc2ccc(C#N)cc2Cl)ncnc1O[C@H]1CC2CCC(NS(=O)(=O)C3CC3)(CC2)C1. The summed E-state index contributed by atoms with van der Waals surface area (Å²) in [6, 6.07) is 7.35. The number of aromatic nitrogens is 2. The number of benzene rings is 1. The predicted octanol–water partition coefficient (Wildman–Crippen LogP) is 4.45. The zero-order valence-corrected chi connectivity index (χ0v) is 20.8. The summed E-state index contributed by atoms with van der Waals surface area (Å²) in [4.78, 5) is 8.87. The number of ether oxygens (including phenoxy) is 1. The molecule has 2 aromatic rings. The number of sulfonamides is 1. The Morgan fingerprint density at radius 3 is 2.68 bits per heavy atom. The molecule has 1 N–H and O–H groups in total. The highest BCUT2D eigenvalue weighted by Crippen LogP contribution is 2.44. The summed E-state index contributed by atoms with van der Waals surface area (Å²) in [5.74, 6) is 1.09. The minimum atomic E-state index is -3.27. The first-order valence-corrected chi connectivity index (χ1v) is 13.9. The normalized spacial score (nSPS) is 26.6. The van der Waals surface area contributed by atoms with Crippen LogP contribution in [0.5, 0.6) is 5.88 Å². The molecule has 7 nitrogen and oxygen atoms in total. The summed E-state index contributed by atoms with van der Waals surface area (Å²) < 4.78 is 35.1. The number of fused-ring (bicyclic) bond motifs is 4. The average molecular weight is 501 g/mol. The van der Waals surface area contributed by atoms with Crippen LogP contribution in [0.4, 0.5) is 0 Å². The average Bonchev–Trinajstić information content (AvgIpc) is 3.66. The van der Waals surface area contributed by atoms with E-state index in [-0.39, 0.29) is 11.4 Å². The molecule has 0 unspecified atom stereocenters. The van der Waals surface area contributed by atoms with Gasteiger partial charge >= 0.3 is 0 Å². The lowest BCUT2D eigenvalue weighted by molar-refractivity contribution is 0.147. The number of halogens is 1. The van der Waals surface area contributed by atoms with Crippen LogP contribution in [0.3, 0.4) is 0 Å².